The first kappa shape index (κ1) is 21.6. The van der Waals surface area contributed by atoms with Crippen LogP contribution >= 0.6 is 0 Å². The van der Waals surface area contributed by atoms with E-state index in [4.69, 9.17) is 23.7 Å². The summed E-state index contributed by atoms with van der Waals surface area (Å²) in [5.41, 5.74) is 1.46. The Kier molecular flexibility index (Phi) is 7.89. The summed E-state index contributed by atoms with van der Waals surface area (Å²) >= 11 is 0. The number of hydrogen-bond donors (Lipinski definition) is 1. The highest BCUT2D eigenvalue weighted by atomic mass is 16.6. The zero-order valence-electron chi connectivity index (χ0n) is 17.1. The molecule has 0 saturated carbocycles. The molecule has 2 aromatic carbocycles. The van der Waals surface area contributed by atoms with Gasteiger partial charge in [0.15, 0.2) is 6.29 Å². The van der Waals surface area contributed by atoms with Crippen molar-refractivity contribution in [2.45, 2.75) is 44.4 Å². The molecule has 6 nitrogen and oxygen atoms in total. The van der Waals surface area contributed by atoms with Crippen LogP contribution in [0.5, 0.6) is 11.5 Å². The Morgan fingerprint density at radius 2 is 1.34 bits per heavy atom. The largest absolute Gasteiger partial charge is 0.497 e. The van der Waals surface area contributed by atoms with Gasteiger partial charge >= 0.3 is 0 Å². The van der Waals surface area contributed by atoms with Crippen molar-refractivity contribution in [2.75, 3.05) is 27.4 Å². The van der Waals surface area contributed by atoms with Crippen LogP contribution in [0, 0.1) is 0 Å². The molecule has 1 unspecified atom stereocenters. The zero-order chi connectivity index (χ0) is 20.5. The smallest absolute Gasteiger partial charge is 0.155 e. The van der Waals surface area contributed by atoms with E-state index < -0.39 is 11.9 Å². The molecule has 0 spiro atoms. The molecule has 6 heteroatoms. The molecule has 1 heterocycles. The number of methoxy groups -OCH3 is 2. The molecule has 1 aliphatic heterocycles. The van der Waals surface area contributed by atoms with E-state index in [1.54, 1.807) is 14.2 Å². The normalized spacial score (nSPS) is 18.4. The van der Waals surface area contributed by atoms with Gasteiger partial charge in [0.25, 0.3) is 0 Å². The predicted octanol–water partition coefficient (Wildman–Crippen LogP) is 3.69. The minimum atomic E-state index is -0.780. The van der Waals surface area contributed by atoms with Crippen LogP contribution in [0.25, 0.3) is 0 Å². The third-order valence-electron chi connectivity index (χ3n) is 5.06. The van der Waals surface area contributed by atoms with Crippen molar-refractivity contribution in [3.05, 3.63) is 59.7 Å². The molecule has 1 saturated heterocycles. The number of benzene rings is 2. The van der Waals surface area contributed by atoms with Gasteiger partial charge in [-0.05, 0) is 54.7 Å². The lowest BCUT2D eigenvalue weighted by Crippen LogP contribution is -2.48. The Bertz CT molecular complexity index is 675. The van der Waals surface area contributed by atoms with E-state index in [0.717, 1.165) is 35.5 Å². The molecule has 0 radical (unpaired) electrons. The summed E-state index contributed by atoms with van der Waals surface area (Å²) in [6.07, 6.45) is 1.52. The topological polar surface area (TPSA) is 66.4 Å². The lowest BCUT2D eigenvalue weighted by atomic mass is 9.95. The van der Waals surface area contributed by atoms with Crippen molar-refractivity contribution in [3.63, 3.8) is 0 Å². The molecular weight excluding hydrogens is 372 g/mol. The van der Waals surface area contributed by atoms with Gasteiger partial charge in [-0.15, -0.1) is 0 Å². The summed E-state index contributed by atoms with van der Waals surface area (Å²) in [7, 11) is 3.29. The van der Waals surface area contributed by atoms with Gasteiger partial charge in [0, 0.05) is 0 Å². The molecule has 3 rings (SSSR count). The van der Waals surface area contributed by atoms with E-state index >= 15 is 0 Å². The fraction of sp³-hybridized carbons (Fsp3) is 0.478. The number of hydrogen-bond acceptors (Lipinski definition) is 6. The monoisotopic (exact) mass is 402 g/mol. The van der Waals surface area contributed by atoms with Gasteiger partial charge in [0.1, 0.15) is 17.1 Å². The predicted molar refractivity (Wildman–Crippen MR) is 109 cm³/mol. The van der Waals surface area contributed by atoms with Crippen LogP contribution in [0.2, 0.25) is 0 Å². The molecule has 0 aliphatic carbocycles. The average Bonchev–Trinajstić information content (AvgIpc) is 2.75. The highest BCUT2D eigenvalue weighted by molar-refractivity contribution is 5.27. The van der Waals surface area contributed by atoms with Crippen LogP contribution in [-0.2, 0) is 27.4 Å². The molecule has 1 N–H and O–H groups in total. The standard InChI is InChI=1S/C23H30O6/c1-25-20-9-5-18(6-10-20)14-27-16-23(13-3-4-22(24)29-23)17-28-15-19-7-11-21(26-2)12-8-19/h5-12,22,24H,3-4,13-17H2,1-2H3. The van der Waals surface area contributed by atoms with Crippen molar-refractivity contribution < 1.29 is 28.8 Å². The molecule has 1 aliphatic rings. The van der Waals surface area contributed by atoms with Crippen LogP contribution in [0.15, 0.2) is 48.5 Å². The summed E-state index contributed by atoms with van der Waals surface area (Å²) < 4.78 is 28.1. The summed E-state index contributed by atoms with van der Waals surface area (Å²) in [5, 5.41) is 10.0. The maximum Gasteiger partial charge on any atom is 0.155 e. The third-order valence-corrected chi connectivity index (χ3v) is 5.06. The Hall–Kier alpha value is -2.12. The van der Waals surface area contributed by atoms with Crippen molar-refractivity contribution in [2.24, 2.45) is 0 Å². The van der Waals surface area contributed by atoms with E-state index in [9.17, 15) is 5.11 Å². The van der Waals surface area contributed by atoms with Gasteiger partial charge in [-0.2, -0.15) is 0 Å². The van der Waals surface area contributed by atoms with E-state index in [2.05, 4.69) is 0 Å². The second-order valence-electron chi connectivity index (χ2n) is 7.33. The number of ether oxygens (including phenoxy) is 5. The molecule has 158 valence electrons. The lowest BCUT2D eigenvalue weighted by molar-refractivity contribution is -0.248. The van der Waals surface area contributed by atoms with Crippen LogP contribution in [0.3, 0.4) is 0 Å². The van der Waals surface area contributed by atoms with Crippen LogP contribution in [0.1, 0.15) is 30.4 Å². The van der Waals surface area contributed by atoms with Gasteiger partial charge in [-0.25, -0.2) is 0 Å². The van der Waals surface area contributed by atoms with Gasteiger partial charge < -0.3 is 28.8 Å². The second kappa shape index (κ2) is 10.6. The Labute approximate surface area is 172 Å². The van der Waals surface area contributed by atoms with E-state index in [0.29, 0.717) is 32.8 Å². The van der Waals surface area contributed by atoms with Gasteiger partial charge in [-0.1, -0.05) is 24.3 Å². The molecule has 1 atom stereocenters. The first-order chi connectivity index (χ1) is 14.1. The minimum Gasteiger partial charge on any atom is -0.497 e. The Morgan fingerprint density at radius 3 is 1.76 bits per heavy atom. The highest BCUT2D eigenvalue weighted by Crippen LogP contribution is 2.29. The SMILES string of the molecule is COc1ccc(COCC2(COCc3ccc(OC)cc3)CCCC(O)O2)cc1. The molecule has 1 fully saturated rings. The molecule has 29 heavy (non-hydrogen) atoms. The summed E-state index contributed by atoms with van der Waals surface area (Å²) in [5.74, 6) is 1.63. The van der Waals surface area contributed by atoms with Crippen LogP contribution in [-0.4, -0.2) is 44.4 Å². The van der Waals surface area contributed by atoms with E-state index in [-0.39, 0.29) is 0 Å². The lowest BCUT2D eigenvalue weighted by Gasteiger charge is -2.39. The zero-order valence-corrected chi connectivity index (χ0v) is 17.1. The summed E-state index contributed by atoms with van der Waals surface area (Å²) in [4.78, 5) is 0. The summed E-state index contributed by atoms with van der Waals surface area (Å²) in [6, 6.07) is 15.5. The Morgan fingerprint density at radius 1 is 0.862 bits per heavy atom. The first-order valence-corrected chi connectivity index (χ1v) is 9.90. The Balaban J connectivity index is 1.53. The summed E-state index contributed by atoms with van der Waals surface area (Å²) in [6.45, 7) is 1.64. The number of aliphatic hydroxyl groups excluding tert-OH is 1. The molecule has 0 bridgehead atoms. The molecule has 2 aromatic rings. The maximum absolute atomic E-state index is 10.0. The second-order valence-corrected chi connectivity index (χ2v) is 7.33. The van der Waals surface area contributed by atoms with E-state index in [1.165, 1.54) is 0 Å². The van der Waals surface area contributed by atoms with Gasteiger partial charge in [0.2, 0.25) is 0 Å². The fourth-order valence-corrected chi connectivity index (χ4v) is 3.41. The maximum atomic E-state index is 10.0. The van der Waals surface area contributed by atoms with Gasteiger partial charge in [-0.3, -0.25) is 0 Å². The quantitative estimate of drug-likeness (QED) is 0.654. The van der Waals surface area contributed by atoms with Crippen LogP contribution in [0.4, 0.5) is 0 Å². The number of rotatable bonds is 10. The van der Waals surface area contributed by atoms with Crippen molar-refractivity contribution in [3.8, 4) is 11.5 Å². The molecule has 0 amide bonds. The number of aliphatic hydroxyl groups is 1. The molecular formula is C23H30O6. The molecule has 0 aromatic heterocycles. The highest BCUT2D eigenvalue weighted by Gasteiger charge is 2.37. The third kappa shape index (κ3) is 6.44. The van der Waals surface area contributed by atoms with Crippen molar-refractivity contribution in [1.29, 1.82) is 0 Å². The first-order valence-electron chi connectivity index (χ1n) is 9.90. The minimum absolute atomic E-state index is 0.360. The van der Waals surface area contributed by atoms with Crippen LogP contribution < -0.4 is 9.47 Å². The van der Waals surface area contributed by atoms with E-state index in [1.807, 2.05) is 48.5 Å². The van der Waals surface area contributed by atoms with Gasteiger partial charge in [0.05, 0.1) is 40.6 Å². The van der Waals surface area contributed by atoms with Crippen molar-refractivity contribution in [1.82, 2.24) is 0 Å². The fourth-order valence-electron chi connectivity index (χ4n) is 3.41. The average molecular weight is 402 g/mol. The van der Waals surface area contributed by atoms with Crippen molar-refractivity contribution >= 4 is 0 Å².